The van der Waals surface area contributed by atoms with Gasteiger partial charge in [-0.25, -0.2) is 4.98 Å². The molecule has 100 valence electrons. The molecule has 2 aromatic rings. The molecule has 4 nitrogen and oxygen atoms in total. The van der Waals surface area contributed by atoms with E-state index in [9.17, 15) is 4.79 Å². The second-order valence-corrected chi connectivity index (χ2v) is 6.55. The molecular formula is C13H14BrN3OS. The van der Waals surface area contributed by atoms with Crippen LogP contribution in [-0.4, -0.2) is 22.3 Å². The monoisotopic (exact) mass is 339 g/mol. The minimum Gasteiger partial charge on any atom is -0.397 e. The lowest BCUT2D eigenvalue weighted by Crippen LogP contribution is -2.30. The lowest BCUT2D eigenvalue weighted by atomic mass is 10.3. The van der Waals surface area contributed by atoms with Crippen LogP contribution in [0.3, 0.4) is 0 Å². The highest BCUT2D eigenvalue weighted by Crippen LogP contribution is 2.23. The van der Waals surface area contributed by atoms with Gasteiger partial charge in [0.15, 0.2) is 0 Å². The summed E-state index contributed by atoms with van der Waals surface area (Å²) in [7, 11) is 0. The van der Waals surface area contributed by atoms with Crippen LogP contribution in [0.4, 0.5) is 5.69 Å². The molecule has 2 aromatic heterocycles. The van der Waals surface area contributed by atoms with Crippen LogP contribution in [-0.2, 0) is 6.54 Å². The molecule has 0 aliphatic rings. The van der Waals surface area contributed by atoms with Gasteiger partial charge in [-0.05, 0) is 47.1 Å². The van der Waals surface area contributed by atoms with Gasteiger partial charge >= 0.3 is 0 Å². The van der Waals surface area contributed by atoms with Crippen LogP contribution in [0.15, 0.2) is 34.2 Å². The fourth-order valence-corrected chi connectivity index (χ4v) is 3.14. The second kappa shape index (κ2) is 6.16. The SMILES string of the molecule is CCN(Cc1ccc(Br)s1)C(=O)c1ccc(N)cn1. The largest absolute Gasteiger partial charge is 0.397 e. The molecule has 0 saturated heterocycles. The molecule has 19 heavy (non-hydrogen) atoms. The quantitative estimate of drug-likeness (QED) is 0.930. The van der Waals surface area contributed by atoms with E-state index in [-0.39, 0.29) is 5.91 Å². The number of hydrogen-bond acceptors (Lipinski definition) is 4. The molecule has 0 aliphatic carbocycles. The Hall–Kier alpha value is -1.40. The van der Waals surface area contributed by atoms with Gasteiger partial charge in [0, 0.05) is 11.4 Å². The summed E-state index contributed by atoms with van der Waals surface area (Å²) in [5, 5.41) is 0. The summed E-state index contributed by atoms with van der Waals surface area (Å²) in [6.07, 6.45) is 1.50. The van der Waals surface area contributed by atoms with Crippen LogP contribution in [0, 0.1) is 0 Å². The molecule has 0 atom stereocenters. The summed E-state index contributed by atoms with van der Waals surface area (Å²) in [5.41, 5.74) is 6.55. The number of nitrogens with zero attached hydrogens (tertiary/aromatic N) is 2. The first-order valence-electron chi connectivity index (χ1n) is 5.85. The zero-order chi connectivity index (χ0) is 13.8. The van der Waals surface area contributed by atoms with Crippen LogP contribution in [0.25, 0.3) is 0 Å². The Balaban J connectivity index is 2.12. The van der Waals surface area contributed by atoms with Crippen LogP contribution in [0.2, 0.25) is 0 Å². The van der Waals surface area contributed by atoms with Gasteiger partial charge < -0.3 is 10.6 Å². The van der Waals surface area contributed by atoms with E-state index in [0.717, 1.165) is 8.66 Å². The topological polar surface area (TPSA) is 59.2 Å². The molecule has 0 fully saturated rings. The highest BCUT2D eigenvalue weighted by Gasteiger charge is 2.16. The van der Waals surface area contributed by atoms with Gasteiger partial charge in [-0.15, -0.1) is 11.3 Å². The molecule has 1 amide bonds. The second-order valence-electron chi connectivity index (χ2n) is 4.00. The predicted molar refractivity (Wildman–Crippen MR) is 81.1 cm³/mol. The van der Waals surface area contributed by atoms with Crippen molar-refractivity contribution in [1.82, 2.24) is 9.88 Å². The van der Waals surface area contributed by atoms with Crippen molar-refractivity contribution in [1.29, 1.82) is 0 Å². The number of nitrogens with two attached hydrogens (primary N) is 1. The number of thiophene rings is 1. The first kappa shape index (κ1) is 14.0. The van der Waals surface area contributed by atoms with Crippen LogP contribution >= 0.6 is 27.3 Å². The molecule has 0 saturated carbocycles. The van der Waals surface area contributed by atoms with Gasteiger partial charge in [-0.1, -0.05) is 0 Å². The summed E-state index contributed by atoms with van der Waals surface area (Å²) in [4.78, 5) is 19.3. The summed E-state index contributed by atoms with van der Waals surface area (Å²) < 4.78 is 1.07. The third-order valence-electron chi connectivity index (χ3n) is 2.65. The number of pyridine rings is 1. The van der Waals surface area contributed by atoms with Crippen LogP contribution < -0.4 is 5.73 Å². The maximum atomic E-state index is 12.3. The first-order valence-corrected chi connectivity index (χ1v) is 7.46. The smallest absolute Gasteiger partial charge is 0.272 e. The molecule has 0 aromatic carbocycles. The van der Waals surface area contributed by atoms with Crippen molar-refractivity contribution in [3.05, 3.63) is 44.8 Å². The number of hydrogen-bond donors (Lipinski definition) is 1. The van der Waals surface area contributed by atoms with E-state index in [1.165, 1.54) is 6.20 Å². The van der Waals surface area contributed by atoms with Gasteiger partial charge in [0.1, 0.15) is 5.69 Å². The molecule has 2 rings (SSSR count). The third-order valence-corrected chi connectivity index (χ3v) is 4.26. The molecule has 2 heterocycles. The van der Waals surface area contributed by atoms with Crippen LogP contribution in [0.1, 0.15) is 22.3 Å². The Morgan fingerprint density at radius 3 is 2.74 bits per heavy atom. The molecule has 0 aliphatic heterocycles. The standard InChI is InChI=1S/C13H14BrN3OS/c1-2-17(8-10-4-6-12(14)19-10)13(18)11-5-3-9(15)7-16-11/h3-7H,2,8,15H2,1H3. The van der Waals surface area contributed by atoms with E-state index < -0.39 is 0 Å². The highest BCUT2D eigenvalue weighted by atomic mass is 79.9. The zero-order valence-corrected chi connectivity index (χ0v) is 12.9. The van der Waals surface area contributed by atoms with Crippen molar-refractivity contribution in [2.45, 2.75) is 13.5 Å². The van der Waals surface area contributed by atoms with E-state index in [1.807, 2.05) is 19.1 Å². The van der Waals surface area contributed by atoms with Crippen molar-refractivity contribution < 1.29 is 4.79 Å². The highest BCUT2D eigenvalue weighted by molar-refractivity contribution is 9.11. The maximum Gasteiger partial charge on any atom is 0.272 e. The molecule has 0 bridgehead atoms. The number of anilines is 1. The summed E-state index contributed by atoms with van der Waals surface area (Å²) in [6.45, 7) is 3.19. The van der Waals surface area contributed by atoms with E-state index in [0.29, 0.717) is 24.5 Å². The third kappa shape index (κ3) is 3.54. The number of halogens is 1. The molecule has 2 N–H and O–H groups in total. The van der Waals surface area contributed by atoms with E-state index >= 15 is 0 Å². The van der Waals surface area contributed by atoms with Crippen molar-refractivity contribution >= 4 is 38.9 Å². The van der Waals surface area contributed by atoms with Gasteiger partial charge in [0.05, 0.1) is 22.2 Å². The average molecular weight is 340 g/mol. The summed E-state index contributed by atoms with van der Waals surface area (Å²) >= 11 is 5.05. The van der Waals surface area contributed by atoms with Crippen molar-refractivity contribution in [2.24, 2.45) is 0 Å². The zero-order valence-electron chi connectivity index (χ0n) is 10.5. The van der Waals surface area contributed by atoms with Crippen molar-refractivity contribution in [3.8, 4) is 0 Å². The lowest BCUT2D eigenvalue weighted by molar-refractivity contribution is 0.0748. The number of rotatable bonds is 4. The lowest BCUT2D eigenvalue weighted by Gasteiger charge is -2.19. The fourth-order valence-electron chi connectivity index (χ4n) is 1.65. The van der Waals surface area contributed by atoms with Gasteiger partial charge in [-0.3, -0.25) is 4.79 Å². The summed E-state index contributed by atoms with van der Waals surface area (Å²) in [5.74, 6) is -0.0768. The van der Waals surface area contributed by atoms with Crippen molar-refractivity contribution in [3.63, 3.8) is 0 Å². The molecular weight excluding hydrogens is 326 g/mol. The van der Waals surface area contributed by atoms with Crippen LogP contribution in [0.5, 0.6) is 0 Å². The normalized spacial score (nSPS) is 10.4. The van der Waals surface area contributed by atoms with E-state index in [1.54, 1.807) is 28.4 Å². The number of aromatic nitrogens is 1. The molecule has 6 heteroatoms. The Morgan fingerprint density at radius 2 is 2.21 bits per heavy atom. The number of carbonyl (C=O) groups excluding carboxylic acids is 1. The molecule has 0 radical (unpaired) electrons. The van der Waals surface area contributed by atoms with Crippen molar-refractivity contribution in [2.75, 3.05) is 12.3 Å². The van der Waals surface area contributed by atoms with Gasteiger partial charge in [0.2, 0.25) is 0 Å². The summed E-state index contributed by atoms with van der Waals surface area (Å²) in [6, 6.07) is 7.35. The Labute approximate surface area is 124 Å². The first-order chi connectivity index (χ1) is 9.10. The number of amides is 1. The Kier molecular flexibility index (Phi) is 4.55. The Bertz CT molecular complexity index is 568. The van der Waals surface area contributed by atoms with Gasteiger partial charge in [0.25, 0.3) is 5.91 Å². The van der Waals surface area contributed by atoms with E-state index in [4.69, 9.17) is 5.73 Å². The fraction of sp³-hybridized carbons (Fsp3) is 0.231. The van der Waals surface area contributed by atoms with Gasteiger partial charge in [-0.2, -0.15) is 0 Å². The minimum atomic E-state index is -0.0768. The molecule has 0 unspecified atom stereocenters. The predicted octanol–water partition coefficient (Wildman–Crippen LogP) is 3.15. The molecule has 0 spiro atoms. The van der Waals surface area contributed by atoms with E-state index in [2.05, 4.69) is 20.9 Å². The number of nitrogen functional groups attached to an aromatic ring is 1. The average Bonchev–Trinajstić information content (AvgIpc) is 2.81. The number of carbonyl (C=O) groups is 1. The maximum absolute atomic E-state index is 12.3. The minimum absolute atomic E-state index is 0.0768. The Morgan fingerprint density at radius 1 is 1.42 bits per heavy atom.